The molecule has 2 aliphatic heterocycles. The number of hydrogen-bond acceptors (Lipinski definition) is 8. The monoisotopic (exact) mass is 613 g/mol. The summed E-state index contributed by atoms with van der Waals surface area (Å²) >= 11 is 0. The number of nitrogens with zero attached hydrogens (tertiary/aromatic N) is 4. The van der Waals surface area contributed by atoms with E-state index in [0.29, 0.717) is 49.0 Å². The highest BCUT2D eigenvalue weighted by Crippen LogP contribution is 2.39. The number of hydrogen-bond donors (Lipinski definition) is 1. The first-order chi connectivity index (χ1) is 20.1. The molecule has 0 aliphatic carbocycles. The fourth-order valence-electron chi connectivity index (χ4n) is 5.28. The molecule has 2 fully saturated rings. The molecule has 0 aromatic heterocycles. The lowest BCUT2D eigenvalue weighted by Crippen LogP contribution is -2.45. The summed E-state index contributed by atoms with van der Waals surface area (Å²) in [5.74, 6) is 0. The summed E-state index contributed by atoms with van der Waals surface area (Å²) in [5.41, 5.74) is 1.77. The third-order valence-corrected chi connectivity index (χ3v) is 11.6. The van der Waals surface area contributed by atoms with Crippen molar-refractivity contribution < 1.29 is 21.6 Å². The van der Waals surface area contributed by atoms with Crippen LogP contribution in [0, 0.1) is 0 Å². The van der Waals surface area contributed by atoms with E-state index in [-0.39, 0.29) is 15.9 Å². The normalized spacial score (nSPS) is 18.2. The Bertz CT molecular complexity index is 1570. The summed E-state index contributed by atoms with van der Waals surface area (Å²) < 4.78 is 65.2. The molecule has 3 aromatic rings. The maximum absolute atomic E-state index is 14.3. The summed E-state index contributed by atoms with van der Waals surface area (Å²) in [7, 11) is -3.34. The lowest BCUT2D eigenvalue weighted by Gasteiger charge is -2.36. The van der Waals surface area contributed by atoms with Gasteiger partial charge in [0.05, 0.1) is 28.9 Å². The van der Waals surface area contributed by atoms with Crippen molar-refractivity contribution in [3.8, 4) is 0 Å². The van der Waals surface area contributed by atoms with Crippen LogP contribution in [0.2, 0.25) is 0 Å². The van der Waals surface area contributed by atoms with Gasteiger partial charge in [-0.3, -0.25) is 8.61 Å². The molecular weight excluding hydrogens is 574 g/mol. The number of anilines is 4. The highest BCUT2D eigenvalue weighted by Gasteiger charge is 2.34. The number of piperazine rings is 1. The van der Waals surface area contributed by atoms with Gasteiger partial charge in [0.25, 0.3) is 20.0 Å². The second kappa shape index (κ2) is 12.5. The summed E-state index contributed by atoms with van der Waals surface area (Å²) in [4.78, 5) is 4.05. The van der Waals surface area contributed by atoms with E-state index >= 15 is 0 Å². The molecular formula is C30H39N5O5S2. The van der Waals surface area contributed by atoms with Crippen molar-refractivity contribution in [2.75, 3.05) is 79.3 Å². The van der Waals surface area contributed by atoms with Gasteiger partial charge in [-0.25, -0.2) is 16.8 Å². The van der Waals surface area contributed by atoms with Gasteiger partial charge in [-0.2, -0.15) is 0 Å². The summed E-state index contributed by atoms with van der Waals surface area (Å²) in [5, 5.41) is 3.32. The van der Waals surface area contributed by atoms with Crippen LogP contribution in [0.1, 0.15) is 12.8 Å². The van der Waals surface area contributed by atoms with Gasteiger partial charge in [0.15, 0.2) is 0 Å². The molecule has 0 bridgehead atoms. The van der Waals surface area contributed by atoms with Crippen molar-refractivity contribution >= 4 is 42.8 Å². The van der Waals surface area contributed by atoms with Gasteiger partial charge in [0.1, 0.15) is 9.79 Å². The van der Waals surface area contributed by atoms with Crippen LogP contribution >= 0.6 is 0 Å². The maximum atomic E-state index is 14.3. The maximum Gasteiger partial charge on any atom is 0.266 e. The molecule has 0 spiro atoms. The standard InChI is InChI=1S/C30H39N5O5S2/c1-32-16-18-35(19-17-32)28-21-27(31-23-26-15-10-20-40-26)29(41(36,37)33(2)24-11-6-4-7-12-24)22-30(28)42(38,39)34(3)25-13-8-5-9-14-25/h4-9,11-14,21-22,26,31H,10,15-20,23H2,1-3H3. The van der Waals surface area contributed by atoms with Gasteiger partial charge in [0, 0.05) is 53.4 Å². The molecule has 0 radical (unpaired) electrons. The molecule has 0 amide bonds. The van der Waals surface area contributed by atoms with Crippen molar-refractivity contribution in [3.05, 3.63) is 72.8 Å². The smallest absolute Gasteiger partial charge is 0.266 e. The van der Waals surface area contributed by atoms with Crippen molar-refractivity contribution in [1.82, 2.24) is 4.90 Å². The van der Waals surface area contributed by atoms with E-state index in [1.54, 1.807) is 54.6 Å². The molecule has 1 unspecified atom stereocenters. The molecule has 0 saturated carbocycles. The Morgan fingerprint density at radius 2 is 1.36 bits per heavy atom. The predicted molar refractivity (Wildman–Crippen MR) is 168 cm³/mol. The molecule has 1 atom stereocenters. The first-order valence-electron chi connectivity index (χ1n) is 14.1. The highest BCUT2D eigenvalue weighted by molar-refractivity contribution is 7.93. The van der Waals surface area contributed by atoms with Crippen LogP contribution in [0.25, 0.3) is 0 Å². The van der Waals surface area contributed by atoms with Gasteiger partial charge in [-0.1, -0.05) is 36.4 Å². The number of rotatable bonds is 10. The largest absolute Gasteiger partial charge is 0.381 e. The third-order valence-electron chi connectivity index (χ3n) is 7.97. The Kier molecular flexibility index (Phi) is 8.97. The highest BCUT2D eigenvalue weighted by atomic mass is 32.2. The van der Waals surface area contributed by atoms with Crippen LogP contribution < -0.4 is 18.8 Å². The minimum Gasteiger partial charge on any atom is -0.381 e. The quantitative estimate of drug-likeness (QED) is 0.370. The minimum absolute atomic E-state index is 0.0490. The summed E-state index contributed by atoms with van der Waals surface area (Å²) in [6.45, 7) is 3.80. The van der Waals surface area contributed by atoms with E-state index in [1.165, 1.54) is 28.8 Å². The van der Waals surface area contributed by atoms with Crippen molar-refractivity contribution in [1.29, 1.82) is 0 Å². The Morgan fingerprint density at radius 3 is 1.88 bits per heavy atom. The van der Waals surface area contributed by atoms with Crippen molar-refractivity contribution in [3.63, 3.8) is 0 Å². The molecule has 12 heteroatoms. The molecule has 2 saturated heterocycles. The molecule has 10 nitrogen and oxygen atoms in total. The van der Waals surface area contributed by atoms with Gasteiger partial charge >= 0.3 is 0 Å². The summed E-state index contributed by atoms with van der Waals surface area (Å²) in [6.07, 6.45) is 1.77. The SMILES string of the molecule is CN1CCN(c2cc(NCC3CCCO3)c(S(=O)(=O)N(C)c3ccccc3)cc2S(=O)(=O)N(C)c2ccccc2)CC1. The average molecular weight is 614 g/mol. The van der Waals surface area contributed by atoms with Crippen LogP contribution in [0.3, 0.4) is 0 Å². The van der Waals surface area contributed by atoms with Gasteiger partial charge in [-0.05, 0) is 56.3 Å². The van der Waals surface area contributed by atoms with E-state index in [1.807, 2.05) is 24.1 Å². The molecule has 3 aromatic carbocycles. The first kappa shape index (κ1) is 30.1. The molecule has 2 aliphatic rings. The fraction of sp³-hybridized carbons (Fsp3) is 0.400. The zero-order valence-electron chi connectivity index (χ0n) is 24.3. The number of nitrogens with one attached hydrogen (secondary N) is 1. The predicted octanol–water partition coefficient (Wildman–Crippen LogP) is 3.68. The van der Waals surface area contributed by atoms with Gasteiger partial charge in [0.2, 0.25) is 0 Å². The van der Waals surface area contributed by atoms with Crippen LogP contribution in [-0.4, -0.2) is 88.3 Å². The van der Waals surface area contributed by atoms with E-state index < -0.39 is 20.0 Å². The Hall–Kier alpha value is -3.32. The van der Waals surface area contributed by atoms with Crippen LogP contribution in [0.15, 0.2) is 82.6 Å². The molecule has 1 N–H and O–H groups in total. The second-order valence-electron chi connectivity index (χ2n) is 10.7. The van der Waals surface area contributed by atoms with Crippen LogP contribution in [0.4, 0.5) is 22.7 Å². The Labute approximate surface area is 249 Å². The first-order valence-corrected chi connectivity index (χ1v) is 17.0. The topological polar surface area (TPSA) is 102 Å². The minimum atomic E-state index is -4.18. The Morgan fingerprint density at radius 1 is 0.810 bits per heavy atom. The molecule has 42 heavy (non-hydrogen) atoms. The van der Waals surface area contributed by atoms with Crippen molar-refractivity contribution in [2.24, 2.45) is 0 Å². The van der Waals surface area contributed by atoms with Crippen LogP contribution in [-0.2, 0) is 24.8 Å². The number of ether oxygens (including phenoxy) is 1. The van der Waals surface area contributed by atoms with Gasteiger partial charge in [-0.15, -0.1) is 0 Å². The fourth-order valence-corrected chi connectivity index (χ4v) is 8.14. The Balaban J connectivity index is 1.68. The molecule has 226 valence electrons. The third kappa shape index (κ3) is 6.22. The van der Waals surface area contributed by atoms with Gasteiger partial charge < -0.3 is 19.9 Å². The zero-order valence-corrected chi connectivity index (χ0v) is 25.9. The van der Waals surface area contributed by atoms with E-state index in [9.17, 15) is 16.8 Å². The molecule has 5 rings (SSSR count). The number of para-hydroxylation sites is 2. The number of sulfonamides is 2. The second-order valence-corrected chi connectivity index (χ2v) is 14.6. The lowest BCUT2D eigenvalue weighted by atomic mass is 10.2. The summed E-state index contributed by atoms with van der Waals surface area (Å²) in [6, 6.07) is 20.6. The number of likely N-dealkylation sites (N-methyl/N-ethyl adjacent to an activating group) is 1. The number of benzene rings is 3. The lowest BCUT2D eigenvalue weighted by molar-refractivity contribution is 0.120. The molecule has 2 heterocycles. The van der Waals surface area contributed by atoms with Crippen molar-refractivity contribution in [2.45, 2.75) is 28.7 Å². The van der Waals surface area contributed by atoms with Crippen LogP contribution in [0.5, 0.6) is 0 Å². The van der Waals surface area contributed by atoms with E-state index in [4.69, 9.17) is 4.74 Å². The average Bonchev–Trinajstić information content (AvgIpc) is 3.54. The zero-order chi connectivity index (χ0) is 29.9. The van der Waals surface area contributed by atoms with E-state index in [2.05, 4.69) is 10.2 Å². The van der Waals surface area contributed by atoms with E-state index in [0.717, 1.165) is 25.9 Å².